The van der Waals surface area contributed by atoms with Gasteiger partial charge in [-0.2, -0.15) is 0 Å². The summed E-state index contributed by atoms with van der Waals surface area (Å²) < 4.78 is 7.93. The number of amides is 1. The van der Waals surface area contributed by atoms with Crippen LogP contribution in [0.2, 0.25) is 0 Å². The lowest BCUT2D eigenvalue weighted by atomic mass is 10.0. The van der Waals surface area contributed by atoms with E-state index in [-0.39, 0.29) is 11.7 Å². The monoisotopic (exact) mass is 424 g/mol. The number of nitrogens with one attached hydrogen (secondary N) is 1. The molecule has 3 aromatic rings. The van der Waals surface area contributed by atoms with Crippen LogP contribution in [0.15, 0.2) is 47.6 Å². The Morgan fingerprint density at radius 2 is 1.90 bits per heavy atom. The molecule has 1 amide bonds. The number of aromatic nitrogens is 3. The molecule has 0 saturated carbocycles. The van der Waals surface area contributed by atoms with Gasteiger partial charge in [0, 0.05) is 12.7 Å². The number of thioether (sulfide) groups is 1. The zero-order valence-corrected chi connectivity index (χ0v) is 18.9. The highest BCUT2D eigenvalue weighted by atomic mass is 32.2. The van der Waals surface area contributed by atoms with E-state index in [4.69, 9.17) is 4.74 Å². The first-order chi connectivity index (χ1) is 14.3. The van der Waals surface area contributed by atoms with Gasteiger partial charge < -0.3 is 14.6 Å². The molecule has 158 valence electrons. The number of hydrogen-bond acceptors (Lipinski definition) is 5. The zero-order valence-electron chi connectivity index (χ0n) is 18.1. The highest BCUT2D eigenvalue weighted by Crippen LogP contribution is 2.28. The van der Waals surface area contributed by atoms with E-state index in [1.54, 1.807) is 0 Å². The molecule has 0 aliphatic heterocycles. The smallest absolute Gasteiger partial charge is 0.234 e. The molecule has 0 atom stereocenters. The minimum atomic E-state index is -0.0762. The maximum absolute atomic E-state index is 12.2. The number of hydrogen-bond donors (Lipinski definition) is 1. The number of anilines is 1. The molecular formula is C23H28N4O2S. The molecule has 0 aliphatic carbocycles. The fraction of sp³-hybridized carbons (Fsp3) is 0.348. The Morgan fingerprint density at radius 1 is 1.13 bits per heavy atom. The third kappa shape index (κ3) is 5.63. The second-order valence-electron chi connectivity index (χ2n) is 7.65. The summed E-state index contributed by atoms with van der Waals surface area (Å²) in [4.78, 5) is 12.2. The van der Waals surface area contributed by atoms with Gasteiger partial charge in [0.1, 0.15) is 12.4 Å². The van der Waals surface area contributed by atoms with E-state index in [1.807, 2.05) is 42.8 Å². The molecule has 30 heavy (non-hydrogen) atoms. The van der Waals surface area contributed by atoms with E-state index >= 15 is 0 Å². The molecule has 6 nitrogen and oxygen atoms in total. The van der Waals surface area contributed by atoms with Crippen LogP contribution in [0.5, 0.6) is 5.75 Å². The van der Waals surface area contributed by atoms with Crippen molar-refractivity contribution in [3.8, 4) is 5.75 Å². The molecular weight excluding hydrogens is 396 g/mol. The Bertz CT molecular complexity index is 1030. The Kier molecular flexibility index (Phi) is 7.15. The fourth-order valence-electron chi connectivity index (χ4n) is 3.03. The summed E-state index contributed by atoms with van der Waals surface area (Å²) in [5, 5.41) is 12.0. The van der Waals surface area contributed by atoms with Gasteiger partial charge in [0.15, 0.2) is 11.0 Å². The molecule has 1 heterocycles. The number of carbonyl (C=O) groups is 1. The summed E-state index contributed by atoms with van der Waals surface area (Å²) in [6.45, 7) is 8.67. The van der Waals surface area contributed by atoms with Crippen molar-refractivity contribution < 1.29 is 9.53 Å². The van der Waals surface area contributed by atoms with Gasteiger partial charge in [-0.3, -0.25) is 4.79 Å². The molecule has 0 radical (unpaired) electrons. The lowest BCUT2D eigenvalue weighted by Crippen LogP contribution is -2.14. The van der Waals surface area contributed by atoms with Gasteiger partial charge in [0.05, 0.1) is 5.75 Å². The first kappa shape index (κ1) is 21.9. The van der Waals surface area contributed by atoms with E-state index < -0.39 is 0 Å². The van der Waals surface area contributed by atoms with Gasteiger partial charge in [-0.15, -0.1) is 10.2 Å². The molecule has 0 aliphatic rings. The van der Waals surface area contributed by atoms with Crippen LogP contribution in [0.25, 0.3) is 0 Å². The standard InChI is InChI=1S/C23H28N4O2S/c1-15(2)19-10-9-17(4)12-20(19)29-13-21-25-26-23(27(21)5)30-14-22(28)24-18-8-6-7-16(3)11-18/h6-12,15H,13-14H2,1-5H3,(H,24,28). The second kappa shape index (κ2) is 9.80. The average Bonchev–Trinajstić information content (AvgIpc) is 3.04. The van der Waals surface area contributed by atoms with Crippen LogP contribution in [0, 0.1) is 13.8 Å². The van der Waals surface area contributed by atoms with Crippen LogP contribution >= 0.6 is 11.8 Å². The topological polar surface area (TPSA) is 69.0 Å². The summed E-state index contributed by atoms with van der Waals surface area (Å²) in [5.74, 6) is 2.15. The Hall–Kier alpha value is -2.80. The number of benzene rings is 2. The van der Waals surface area contributed by atoms with Crippen molar-refractivity contribution in [2.24, 2.45) is 7.05 Å². The van der Waals surface area contributed by atoms with E-state index in [2.05, 4.69) is 54.5 Å². The maximum Gasteiger partial charge on any atom is 0.234 e. The average molecular weight is 425 g/mol. The quantitative estimate of drug-likeness (QED) is 0.523. The van der Waals surface area contributed by atoms with Gasteiger partial charge in [0.25, 0.3) is 0 Å². The van der Waals surface area contributed by atoms with E-state index in [9.17, 15) is 4.79 Å². The minimum Gasteiger partial charge on any atom is -0.485 e. The van der Waals surface area contributed by atoms with Gasteiger partial charge in [0.2, 0.25) is 5.91 Å². The summed E-state index contributed by atoms with van der Waals surface area (Å²) >= 11 is 1.35. The number of ether oxygens (including phenoxy) is 1. The second-order valence-corrected chi connectivity index (χ2v) is 8.59. The number of rotatable bonds is 8. The first-order valence-electron chi connectivity index (χ1n) is 9.94. The van der Waals surface area contributed by atoms with Crippen molar-refractivity contribution >= 4 is 23.4 Å². The molecule has 2 aromatic carbocycles. The summed E-state index contributed by atoms with van der Waals surface area (Å²) in [6.07, 6.45) is 0. The van der Waals surface area contributed by atoms with Crippen LogP contribution in [0.1, 0.15) is 42.3 Å². The van der Waals surface area contributed by atoms with E-state index in [1.165, 1.54) is 17.3 Å². The Balaban J connectivity index is 1.58. The van der Waals surface area contributed by atoms with Crippen molar-refractivity contribution in [1.29, 1.82) is 0 Å². The lowest BCUT2D eigenvalue weighted by molar-refractivity contribution is -0.113. The molecule has 1 aromatic heterocycles. The largest absolute Gasteiger partial charge is 0.485 e. The van der Waals surface area contributed by atoms with Gasteiger partial charge in [-0.1, -0.05) is 49.9 Å². The Labute approximate surface area is 182 Å². The van der Waals surface area contributed by atoms with Gasteiger partial charge >= 0.3 is 0 Å². The lowest BCUT2D eigenvalue weighted by Gasteiger charge is -2.14. The number of nitrogens with zero attached hydrogens (tertiary/aromatic N) is 3. The zero-order chi connectivity index (χ0) is 21.7. The normalized spacial score (nSPS) is 11.0. The Morgan fingerprint density at radius 3 is 2.63 bits per heavy atom. The van der Waals surface area contributed by atoms with Gasteiger partial charge in [-0.05, 0) is 54.7 Å². The minimum absolute atomic E-state index is 0.0762. The maximum atomic E-state index is 12.2. The predicted molar refractivity (Wildman–Crippen MR) is 121 cm³/mol. The van der Waals surface area contributed by atoms with E-state index in [0.717, 1.165) is 22.6 Å². The SMILES string of the molecule is Cc1cccc(NC(=O)CSc2nnc(COc3cc(C)ccc3C(C)C)n2C)c1. The molecule has 3 rings (SSSR count). The number of carbonyl (C=O) groups excluding carboxylic acids is 1. The third-order valence-corrected chi connectivity index (χ3v) is 5.73. The summed E-state index contributed by atoms with van der Waals surface area (Å²) in [6, 6.07) is 14.0. The highest BCUT2D eigenvalue weighted by Gasteiger charge is 2.14. The van der Waals surface area contributed by atoms with Crippen molar-refractivity contribution in [3.63, 3.8) is 0 Å². The first-order valence-corrected chi connectivity index (χ1v) is 10.9. The van der Waals surface area contributed by atoms with Crippen LogP contribution in [-0.4, -0.2) is 26.4 Å². The van der Waals surface area contributed by atoms with Gasteiger partial charge in [-0.25, -0.2) is 0 Å². The van der Waals surface area contributed by atoms with Crippen LogP contribution in [0.3, 0.4) is 0 Å². The van der Waals surface area contributed by atoms with Crippen LogP contribution in [-0.2, 0) is 18.4 Å². The molecule has 0 saturated heterocycles. The summed E-state index contributed by atoms with van der Waals surface area (Å²) in [7, 11) is 1.89. The van der Waals surface area contributed by atoms with Crippen LogP contribution in [0.4, 0.5) is 5.69 Å². The molecule has 0 bridgehead atoms. The number of aryl methyl sites for hydroxylation is 2. The summed E-state index contributed by atoms with van der Waals surface area (Å²) in [5.41, 5.74) is 4.23. The molecule has 7 heteroatoms. The fourth-order valence-corrected chi connectivity index (χ4v) is 3.76. The molecule has 0 fully saturated rings. The van der Waals surface area contributed by atoms with E-state index in [0.29, 0.717) is 23.5 Å². The molecule has 0 spiro atoms. The van der Waals surface area contributed by atoms with Crippen molar-refractivity contribution in [1.82, 2.24) is 14.8 Å². The third-order valence-electron chi connectivity index (χ3n) is 4.71. The molecule has 0 unspecified atom stereocenters. The van der Waals surface area contributed by atoms with Crippen molar-refractivity contribution in [2.45, 2.75) is 45.4 Å². The van der Waals surface area contributed by atoms with Crippen molar-refractivity contribution in [2.75, 3.05) is 11.1 Å². The predicted octanol–water partition coefficient (Wildman–Crippen LogP) is 4.87. The highest BCUT2D eigenvalue weighted by molar-refractivity contribution is 7.99. The van der Waals surface area contributed by atoms with Crippen LogP contribution < -0.4 is 10.1 Å². The molecule has 1 N–H and O–H groups in total. The van der Waals surface area contributed by atoms with Crippen molar-refractivity contribution in [3.05, 3.63) is 65.0 Å².